The number of nitrogens with zero attached hydrogens (tertiary/aromatic N) is 3. The fourth-order valence-corrected chi connectivity index (χ4v) is 2.63. The number of aromatic nitrogens is 3. The molecule has 5 heteroatoms. The summed E-state index contributed by atoms with van der Waals surface area (Å²) in [7, 11) is 0. The second-order valence-corrected chi connectivity index (χ2v) is 5.42. The number of rotatable bonds is 3. The summed E-state index contributed by atoms with van der Waals surface area (Å²) < 4.78 is 5.55. The average Bonchev–Trinajstić information content (AvgIpc) is 2.91. The average molecular weight is 285 g/mol. The van der Waals surface area contributed by atoms with Gasteiger partial charge >= 0.3 is 5.97 Å². The van der Waals surface area contributed by atoms with Crippen molar-refractivity contribution in [1.82, 2.24) is 15.0 Å². The number of ether oxygens (including phenoxy) is 1. The van der Waals surface area contributed by atoms with E-state index in [1.54, 1.807) is 6.92 Å². The fourth-order valence-electron chi connectivity index (χ4n) is 2.63. The van der Waals surface area contributed by atoms with E-state index in [1.807, 2.05) is 30.3 Å². The van der Waals surface area contributed by atoms with Gasteiger partial charge in [-0.05, 0) is 44.7 Å². The van der Waals surface area contributed by atoms with Crippen LogP contribution in [0, 0.1) is 6.92 Å². The second-order valence-electron chi connectivity index (χ2n) is 5.42. The number of hydrogen-bond acceptors (Lipinski definition) is 4. The third-order valence-electron chi connectivity index (χ3n) is 3.79. The van der Waals surface area contributed by atoms with Crippen molar-refractivity contribution in [1.29, 1.82) is 0 Å². The lowest BCUT2D eigenvalue weighted by atomic mass is 9.98. The number of carbonyl (C=O) groups is 1. The monoisotopic (exact) mass is 285 g/mol. The van der Waals surface area contributed by atoms with E-state index in [-0.39, 0.29) is 12.1 Å². The Kier molecular flexibility index (Phi) is 3.99. The highest BCUT2D eigenvalue weighted by atomic mass is 16.5. The van der Waals surface area contributed by atoms with Crippen molar-refractivity contribution in [2.75, 3.05) is 0 Å². The van der Waals surface area contributed by atoms with Gasteiger partial charge in [0.1, 0.15) is 6.10 Å². The van der Waals surface area contributed by atoms with Crippen molar-refractivity contribution in [2.45, 2.75) is 45.1 Å². The highest BCUT2D eigenvalue weighted by molar-refractivity contribution is 5.88. The summed E-state index contributed by atoms with van der Waals surface area (Å²) in [6, 6.07) is 9.55. The maximum Gasteiger partial charge on any atom is 0.361 e. The van der Waals surface area contributed by atoms with Gasteiger partial charge in [0.05, 0.1) is 11.4 Å². The SMILES string of the molecule is Cc1nn(-c2ccccc2)nc1C(=O)OC1CCCCC1. The summed E-state index contributed by atoms with van der Waals surface area (Å²) in [6.07, 6.45) is 5.45. The van der Waals surface area contributed by atoms with E-state index in [4.69, 9.17) is 4.74 Å². The number of hydrogen-bond donors (Lipinski definition) is 0. The van der Waals surface area contributed by atoms with Crippen LogP contribution in [0.5, 0.6) is 0 Å². The summed E-state index contributed by atoms with van der Waals surface area (Å²) in [6.45, 7) is 1.78. The first-order valence-electron chi connectivity index (χ1n) is 7.44. The lowest BCUT2D eigenvalue weighted by Gasteiger charge is -2.21. The molecule has 0 spiro atoms. The van der Waals surface area contributed by atoms with Gasteiger partial charge in [-0.3, -0.25) is 0 Å². The summed E-state index contributed by atoms with van der Waals surface area (Å²) >= 11 is 0. The highest BCUT2D eigenvalue weighted by Crippen LogP contribution is 2.21. The maximum absolute atomic E-state index is 12.2. The van der Waals surface area contributed by atoms with E-state index >= 15 is 0 Å². The highest BCUT2D eigenvalue weighted by Gasteiger charge is 2.23. The molecule has 0 aliphatic heterocycles. The molecular weight excluding hydrogens is 266 g/mol. The van der Waals surface area contributed by atoms with Gasteiger partial charge in [0, 0.05) is 0 Å². The molecule has 21 heavy (non-hydrogen) atoms. The molecule has 2 aromatic rings. The molecule has 0 N–H and O–H groups in total. The molecule has 1 heterocycles. The Morgan fingerprint density at radius 2 is 1.86 bits per heavy atom. The first kappa shape index (κ1) is 13.8. The van der Waals surface area contributed by atoms with Crippen LogP contribution >= 0.6 is 0 Å². The quantitative estimate of drug-likeness (QED) is 0.813. The zero-order chi connectivity index (χ0) is 14.7. The molecule has 0 atom stereocenters. The molecule has 1 fully saturated rings. The van der Waals surface area contributed by atoms with Crippen LogP contribution in [-0.4, -0.2) is 27.1 Å². The second kappa shape index (κ2) is 6.08. The lowest BCUT2D eigenvalue weighted by Crippen LogP contribution is -2.21. The van der Waals surface area contributed by atoms with Gasteiger partial charge in [-0.25, -0.2) is 4.79 Å². The van der Waals surface area contributed by atoms with Crippen LogP contribution in [0.4, 0.5) is 0 Å². The van der Waals surface area contributed by atoms with Crippen LogP contribution in [0.1, 0.15) is 48.3 Å². The van der Waals surface area contributed by atoms with Gasteiger partial charge in [-0.15, -0.1) is 5.10 Å². The van der Waals surface area contributed by atoms with Crippen LogP contribution in [-0.2, 0) is 4.74 Å². The Balaban J connectivity index is 1.76. The zero-order valence-corrected chi connectivity index (χ0v) is 12.2. The molecule has 3 rings (SSSR count). The molecule has 1 aliphatic rings. The Morgan fingerprint density at radius 3 is 2.57 bits per heavy atom. The van der Waals surface area contributed by atoms with Crippen LogP contribution in [0.25, 0.3) is 5.69 Å². The van der Waals surface area contributed by atoms with Crippen LogP contribution in [0.15, 0.2) is 30.3 Å². The van der Waals surface area contributed by atoms with Gasteiger partial charge in [-0.2, -0.15) is 9.90 Å². The predicted molar refractivity (Wildman–Crippen MR) is 78.4 cm³/mol. The summed E-state index contributed by atoms with van der Waals surface area (Å²) in [4.78, 5) is 13.7. The minimum absolute atomic E-state index is 0.0347. The molecule has 0 saturated heterocycles. The van der Waals surface area contributed by atoms with Crippen LogP contribution in [0.3, 0.4) is 0 Å². The normalized spacial score (nSPS) is 15.9. The maximum atomic E-state index is 12.2. The molecule has 1 aromatic heterocycles. The number of carbonyl (C=O) groups excluding carboxylic acids is 1. The van der Waals surface area contributed by atoms with Crippen LogP contribution < -0.4 is 0 Å². The molecule has 0 bridgehead atoms. The van der Waals surface area contributed by atoms with Gasteiger partial charge in [-0.1, -0.05) is 24.6 Å². The van der Waals surface area contributed by atoms with E-state index in [1.165, 1.54) is 11.2 Å². The minimum Gasteiger partial charge on any atom is -0.458 e. The van der Waals surface area contributed by atoms with E-state index in [9.17, 15) is 4.79 Å². The van der Waals surface area contributed by atoms with Crippen molar-refractivity contribution >= 4 is 5.97 Å². The molecule has 5 nitrogen and oxygen atoms in total. The van der Waals surface area contributed by atoms with Crippen LogP contribution in [0.2, 0.25) is 0 Å². The van der Waals surface area contributed by atoms with Crippen molar-refractivity contribution in [2.24, 2.45) is 0 Å². The lowest BCUT2D eigenvalue weighted by molar-refractivity contribution is 0.0203. The van der Waals surface area contributed by atoms with Crippen molar-refractivity contribution in [3.05, 3.63) is 41.7 Å². The summed E-state index contributed by atoms with van der Waals surface area (Å²) in [5.74, 6) is -0.360. The zero-order valence-electron chi connectivity index (χ0n) is 12.2. The molecule has 0 unspecified atom stereocenters. The van der Waals surface area contributed by atoms with Gasteiger partial charge < -0.3 is 4.74 Å². The molecule has 1 saturated carbocycles. The van der Waals surface area contributed by atoms with E-state index in [0.29, 0.717) is 11.4 Å². The van der Waals surface area contributed by atoms with Gasteiger partial charge in [0.25, 0.3) is 0 Å². The Labute approximate surface area is 123 Å². The largest absolute Gasteiger partial charge is 0.458 e. The Morgan fingerprint density at radius 1 is 1.14 bits per heavy atom. The Bertz CT molecular complexity index is 616. The minimum atomic E-state index is -0.360. The first-order chi connectivity index (χ1) is 10.2. The number of esters is 1. The standard InChI is InChI=1S/C16H19N3O2/c1-12-15(16(20)21-14-10-6-3-7-11-14)18-19(17-12)13-8-4-2-5-9-13/h2,4-5,8-9,14H,3,6-7,10-11H2,1H3. The Hall–Kier alpha value is -2.17. The molecule has 0 amide bonds. The first-order valence-corrected chi connectivity index (χ1v) is 7.44. The molecule has 1 aliphatic carbocycles. The third-order valence-corrected chi connectivity index (χ3v) is 3.79. The molecule has 0 radical (unpaired) electrons. The van der Waals surface area contributed by atoms with E-state index in [2.05, 4.69) is 10.2 Å². The molecule has 1 aromatic carbocycles. The van der Waals surface area contributed by atoms with E-state index < -0.39 is 0 Å². The molecular formula is C16H19N3O2. The smallest absolute Gasteiger partial charge is 0.361 e. The predicted octanol–water partition coefficient (Wildman–Crippen LogP) is 3.07. The summed E-state index contributed by atoms with van der Waals surface area (Å²) in [5, 5.41) is 8.58. The van der Waals surface area contributed by atoms with E-state index in [0.717, 1.165) is 31.4 Å². The topological polar surface area (TPSA) is 57.0 Å². The van der Waals surface area contributed by atoms with Crippen molar-refractivity contribution in [3.8, 4) is 5.69 Å². The van der Waals surface area contributed by atoms with Gasteiger partial charge in [0.15, 0.2) is 5.69 Å². The van der Waals surface area contributed by atoms with Crippen molar-refractivity contribution in [3.63, 3.8) is 0 Å². The number of benzene rings is 1. The molecule has 110 valence electrons. The van der Waals surface area contributed by atoms with Gasteiger partial charge in [0.2, 0.25) is 0 Å². The van der Waals surface area contributed by atoms with Crippen molar-refractivity contribution < 1.29 is 9.53 Å². The number of para-hydroxylation sites is 1. The third kappa shape index (κ3) is 3.12. The number of aryl methyl sites for hydroxylation is 1. The fraction of sp³-hybridized carbons (Fsp3) is 0.438. The summed E-state index contributed by atoms with van der Waals surface area (Å²) in [5.41, 5.74) is 1.74.